The summed E-state index contributed by atoms with van der Waals surface area (Å²) in [4.78, 5) is 22.2. The van der Waals surface area contributed by atoms with Gasteiger partial charge in [-0.3, -0.25) is 13.6 Å². The number of aromatic nitrogens is 4. The molecule has 0 bridgehead atoms. The summed E-state index contributed by atoms with van der Waals surface area (Å²) in [5, 5.41) is 24.1. The lowest BCUT2D eigenvalue weighted by atomic mass is 10.1. The van der Waals surface area contributed by atoms with Crippen LogP contribution in [0.3, 0.4) is 0 Å². The number of halogens is 3. The molecule has 2 aromatic heterocycles. The van der Waals surface area contributed by atoms with Gasteiger partial charge in [0.1, 0.15) is 18.3 Å². The Morgan fingerprint density at radius 3 is 2.69 bits per heavy atom. The number of aliphatic hydroxyl groups is 2. The summed E-state index contributed by atoms with van der Waals surface area (Å²) >= 11 is 2.39. The zero-order valence-electron chi connectivity index (χ0n) is 18.6. The fraction of sp³-hybridized carbons (Fsp3) is 0.706. The van der Waals surface area contributed by atoms with Crippen LogP contribution < -0.4 is 5.32 Å². The molecule has 198 valence electrons. The molecule has 3 rings (SSSR count). The number of ether oxygens (including phenoxy) is 1. The van der Waals surface area contributed by atoms with E-state index in [4.69, 9.17) is 9.26 Å². The first-order valence-corrected chi connectivity index (χ1v) is 14.0. The van der Waals surface area contributed by atoms with E-state index in [9.17, 15) is 32.8 Å². The number of fused-ring (bicyclic) bond motifs is 1. The molecule has 1 aliphatic heterocycles. The standard InChI is InChI=1S/C17H25F3N5O7PS2/c1-30-33(28,29)31-7-9-11(26)12(27)15(32-9)25-8-22-10-13(21-4-6-34-2)23-16(24-14(10)25)35-5-3-17(18,19)20/h8-9,11-12,15,26-27H,3-7H2,1-2H3,(H,28,29)(H,21,23,24)/t9-,11-,12-,15-/m1/s1. The van der Waals surface area contributed by atoms with E-state index in [-0.39, 0.29) is 22.1 Å². The van der Waals surface area contributed by atoms with Crippen molar-refractivity contribution >= 4 is 48.3 Å². The third kappa shape index (κ3) is 7.42. The first kappa shape index (κ1) is 28.4. The quantitative estimate of drug-likeness (QED) is 0.129. The predicted molar refractivity (Wildman–Crippen MR) is 122 cm³/mol. The van der Waals surface area contributed by atoms with Crippen LogP contribution in [-0.4, -0.2) is 97.1 Å². The molecule has 18 heteroatoms. The minimum atomic E-state index is -4.35. The second kappa shape index (κ2) is 11.9. The maximum Gasteiger partial charge on any atom is 0.472 e. The Balaban J connectivity index is 1.87. The highest BCUT2D eigenvalue weighted by Crippen LogP contribution is 2.43. The Labute approximate surface area is 206 Å². The second-order valence-electron chi connectivity index (χ2n) is 7.31. The molecule has 5 atom stereocenters. The van der Waals surface area contributed by atoms with Crippen LogP contribution in [0.2, 0.25) is 0 Å². The van der Waals surface area contributed by atoms with Crippen LogP contribution >= 0.6 is 31.3 Å². The summed E-state index contributed by atoms with van der Waals surface area (Å²) in [5.74, 6) is 0.734. The van der Waals surface area contributed by atoms with Crippen molar-refractivity contribution in [2.45, 2.75) is 42.3 Å². The summed E-state index contributed by atoms with van der Waals surface area (Å²) in [7, 11) is -3.38. The molecule has 1 fully saturated rings. The van der Waals surface area contributed by atoms with E-state index < -0.39 is 51.6 Å². The highest BCUT2D eigenvalue weighted by atomic mass is 32.2. The third-order valence-electron chi connectivity index (χ3n) is 4.86. The number of hydrogen-bond acceptors (Lipinski definition) is 12. The molecule has 1 unspecified atom stereocenters. The number of anilines is 1. The van der Waals surface area contributed by atoms with E-state index >= 15 is 0 Å². The van der Waals surface area contributed by atoms with E-state index in [2.05, 4.69) is 24.8 Å². The van der Waals surface area contributed by atoms with Gasteiger partial charge >= 0.3 is 14.0 Å². The van der Waals surface area contributed by atoms with Crippen molar-refractivity contribution in [2.75, 3.05) is 43.3 Å². The third-order valence-corrected chi connectivity index (χ3v) is 7.26. The number of alkyl halides is 3. The largest absolute Gasteiger partial charge is 0.472 e. The number of thioether (sulfide) groups is 2. The molecule has 0 aromatic carbocycles. The number of rotatable bonds is 12. The predicted octanol–water partition coefficient (Wildman–Crippen LogP) is 2.03. The van der Waals surface area contributed by atoms with Crippen molar-refractivity contribution in [1.29, 1.82) is 0 Å². The maximum atomic E-state index is 12.6. The van der Waals surface area contributed by atoms with Crippen LogP contribution in [0.5, 0.6) is 0 Å². The van der Waals surface area contributed by atoms with Gasteiger partial charge in [-0.05, 0) is 6.26 Å². The summed E-state index contributed by atoms with van der Waals surface area (Å²) in [6, 6.07) is 0. The average Bonchev–Trinajstić information content (AvgIpc) is 3.33. The van der Waals surface area contributed by atoms with Gasteiger partial charge in [0.15, 0.2) is 28.4 Å². The number of nitrogens with one attached hydrogen (secondary N) is 1. The molecule has 4 N–H and O–H groups in total. The van der Waals surface area contributed by atoms with E-state index in [0.717, 1.165) is 24.6 Å². The molecule has 0 saturated carbocycles. The number of imidazole rings is 1. The molecule has 2 aromatic rings. The molecule has 0 aliphatic carbocycles. The molecule has 1 aliphatic rings. The van der Waals surface area contributed by atoms with Crippen molar-refractivity contribution < 1.29 is 46.6 Å². The number of aliphatic hydroxyl groups excluding tert-OH is 2. The topological polar surface area (TPSA) is 161 Å². The lowest BCUT2D eigenvalue weighted by molar-refractivity contribution is -0.129. The Bertz CT molecular complexity index is 1050. The molecule has 0 radical (unpaired) electrons. The summed E-state index contributed by atoms with van der Waals surface area (Å²) < 4.78 is 65.3. The number of hydrogen-bond donors (Lipinski definition) is 4. The van der Waals surface area contributed by atoms with Crippen LogP contribution in [0.15, 0.2) is 11.5 Å². The van der Waals surface area contributed by atoms with Crippen LogP contribution in [-0.2, 0) is 18.3 Å². The zero-order chi connectivity index (χ0) is 25.8. The Morgan fingerprint density at radius 2 is 2.03 bits per heavy atom. The molecule has 0 amide bonds. The fourth-order valence-corrected chi connectivity index (χ4v) is 4.69. The van der Waals surface area contributed by atoms with Gasteiger partial charge in [0.2, 0.25) is 0 Å². The first-order chi connectivity index (χ1) is 16.5. The van der Waals surface area contributed by atoms with Crippen LogP contribution in [0.25, 0.3) is 11.2 Å². The van der Waals surface area contributed by atoms with E-state index in [1.54, 1.807) is 11.8 Å². The van der Waals surface area contributed by atoms with Gasteiger partial charge in [-0.2, -0.15) is 24.9 Å². The van der Waals surface area contributed by atoms with Crippen LogP contribution in [0, 0.1) is 0 Å². The monoisotopic (exact) mass is 563 g/mol. The zero-order valence-corrected chi connectivity index (χ0v) is 21.1. The summed E-state index contributed by atoms with van der Waals surface area (Å²) in [6.07, 6.45) is -7.54. The van der Waals surface area contributed by atoms with Crippen molar-refractivity contribution in [3.63, 3.8) is 0 Å². The normalized spacial score (nSPS) is 24.7. The van der Waals surface area contributed by atoms with Crippen molar-refractivity contribution in [3.8, 4) is 0 Å². The second-order valence-corrected chi connectivity index (χ2v) is 10.9. The number of phosphoric ester groups is 1. The van der Waals surface area contributed by atoms with Crippen molar-refractivity contribution in [3.05, 3.63) is 6.33 Å². The van der Waals surface area contributed by atoms with Crippen LogP contribution in [0.4, 0.5) is 19.0 Å². The molecular formula is C17H25F3N5O7PS2. The molecule has 12 nitrogen and oxygen atoms in total. The van der Waals surface area contributed by atoms with E-state index in [0.29, 0.717) is 12.4 Å². The summed E-state index contributed by atoms with van der Waals surface area (Å²) in [5.41, 5.74) is 0.444. The molecule has 1 saturated heterocycles. The molecule has 0 spiro atoms. The molecule has 35 heavy (non-hydrogen) atoms. The molecular weight excluding hydrogens is 538 g/mol. The Morgan fingerprint density at radius 1 is 1.29 bits per heavy atom. The van der Waals surface area contributed by atoms with Gasteiger partial charge in [0.05, 0.1) is 19.4 Å². The highest BCUT2D eigenvalue weighted by molar-refractivity contribution is 7.99. The Kier molecular flexibility index (Phi) is 9.67. The smallest absolute Gasteiger partial charge is 0.387 e. The van der Waals surface area contributed by atoms with Crippen LogP contribution in [0.1, 0.15) is 12.6 Å². The Hall–Kier alpha value is -1.17. The highest BCUT2D eigenvalue weighted by Gasteiger charge is 2.45. The van der Waals surface area contributed by atoms with Crippen molar-refractivity contribution in [2.24, 2.45) is 0 Å². The van der Waals surface area contributed by atoms with E-state index in [1.807, 2.05) is 6.26 Å². The summed E-state index contributed by atoms with van der Waals surface area (Å²) in [6.45, 7) is -0.0494. The van der Waals surface area contributed by atoms with Gasteiger partial charge in [-0.25, -0.2) is 19.5 Å². The van der Waals surface area contributed by atoms with E-state index in [1.165, 1.54) is 10.9 Å². The van der Waals surface area contributed by atoms with Gasteiger partial charge < -0.3 is 25.2 Å². The van der Waals surface area contributed by atoms with Gasteiger partial charge in [-0.15, -0.1) is 0 Å². The fourth-order valence-electron chi connectivity index (χ4n) is 3.12. The lowest BCUT2D eigenvalue weighted by Crippen LogP contribution is -2.33. The maximum absolute atomic E-state index is 12.6. The van der Waals surface area contributed by atoms with Crippen molar-refractivity contribution in [1.82, 2.24) is 19.5 Å². The molecule has 3 heterocycles. The minimum Gasteiger partial charge on any atom is -0.387 e. The number of nitrogens with zero attached hydrogens (tertiary/aromatic N) is 4. The number of phosphoric acid groups is 1. The first-order valence-electron chi connectivity index (χ1n) is 10.2. The lowest BCUT2D eigenvalue weighted by Gasteiger charge is -2.17. The van der Waals surface area contributed by atoms with Gasteiger partial charge in [-0.1, -0.05) is 11.8 Å². The van der Waals surface area contributed by atoms with Gasteiger partial charge in [0, 0.05) is 25.2 Å². The SMILES string of the molecule is COP(=O)(O)OC[C@H]1O[C@@H](n2cnc3c(NCCSC)nc(SCCC(F)(F)F)nc32)[C@H](O)[C@@H]1O. The minimum absolute atomic E-state index is 0.0596. The van der Waals surface area contributed by atoms with Gasteiger partial charge in [0.25, 0.3) is 0 Å². The average molecular weight is 564 g/mol.